The molecule has 218 valence electrons. The third-order valence-electron chi connectivity index (χ3n) is 7.75. The zero-order chi connectivity index (χ0) is 29.8. The molecule has 0 atom stereocenters. The lowest BCUT2D eigenvalue weighted by Gasteiger charge is -2.30. The first kappa shape index (κ1) is 28.1. The average Bonchev–Trinajstić information content (AvgIpc) is 3.46. The number of imidazole rings is 1. The maximum atomic E-state index is 13.5. The Balaban J connectivity index is 1.23. The van der Waals surface area contributed by atoms with Gasteiger partial charge in [-0.3, -0.25) is 4.79 Å². The van der Waals surface area contributed by atoms with Gasteiger partial charge in [0.2, 0.25) is 5.95 Å². The largest absolute Gasteiger partial charge is 0.382 e. The molecular formula is C34H36N8O. The van der Waals surface area contributed by atoms with Crippen LogP contribution in [-0.2, 0) is 0 Å². The maximum Gasteiger partial charge on any atom is 0.255 e. The Bertz CT molecular complexity index is 1720. The van der Waals surface area contributed by atoms with Gasteiger partial charge in [-0.1, -0.05) is 36.4 Å². The maximum absolute atomic E-state index is 13.5. The van der Waals surface area contributed by atoms with Gasteiger partial charge >= 0.3 is 0 Å². The number of carbonyl (C=O) groups excluding carboxylic acids is 1. The molecule has 0 radical (unpaired) electrons. The SMILES string of the molecule is Cc1cn(-c2cc(NC(=O)c3ccc(C)c(Nc4nccc(-c5ccccc5)n4)c3)cc(NC3CCN(C)CC3)c2)cn1. The summed E-state index contributed by atoms with van der Waals surface area (Å²) in [5.74, 6) is 0.265. The first-order chi connectivity index (χ1) is 20.9. The Morgan fingerprint density at radius 2 is 1.70 bits per heavy atom. The van der Waals surface area contributed by atoms with Crippen molar-refractivity contribution in [2.45, 2.75) is 32.7 Å². The fraction of sp³-hybridized carbons (Fsp3) is 0.235. The normalized spacial score (nSPS) is 13.9. The molecule has 9 nitrogen and oxygen atoms in total. The van der Waals surface area contributed by atoms with Gasteiger partial charge in [0.15, 0.2) is 0 Å². The van der Waals surface area contributed by atoms with Crippen LogP contribution >= 0.6 is 0 Å². The van der Waals surface area contributed by atoms with E-state index in [9.17, 15) is 4.79 Å². The van der Waals surface area contributed by atoms with Crippen LogP contribution in [-0.4, -0.2) is 56.5 Å². The summed E-state index contributed by atoms with van der Waals surface area (Å²) in [7, 11) is 2.16. The lowest BCUT2D eigenvalue weighted by molar-refractivity contribution is 0.102. The van der Waals surface area contributed by atoms with Crippen LogP contribution in [0.25, 0.3) is 16.9 Å². The molecule has 1 aliphatic rings. The molecule has 1 saturated heterocycles. The number of likely N-dealkylation sites (tertiary alicyclic amines) is 1. The Labute approximate surface area is 252 Å². The highest BCUT2D eigenvalue weighted by Crippen LogP contribution is 2.27. The number of benzene rings is 3. The summed E-state index contributed by atoms with van der Waals surface area (Å²) in [5, 5.41) is 10.1. The molecule has 3 N–H and O–H groups in total. The topological polar surface area (TPSA) is 100 Å². The van der Waals surface area contributed by atoms with Gasteiger partial charge in [-0.05, 0) is 88.8 Å². The molecule has 3 heterocycles. The minimum absolute atomic E-state index is 0.203. The third-order valence-corrected chi connectivity index (χ3v) is 7.75. The molecule has 0 saturated carbocycles. The number of piperidine rings is 1. The van der Waals surface area contributed by atoms with Crippen LogP contribution in [0.5, 0.6) is 0 Å². The van der Waals surface area contributed by atoms with E-state index < -0.39 is 0 Å². The first-order valence-electron chi connectivity index (χ1n) is 14.6. The van der Waals surface area contributed by atoms with Crippen molar-refractivity contribution in [2.75, 3.05) is 36.1 Å². The molecule has 5 aromatic rings. The number of nitrogens with one attached hydrogen (secondary N) is 3. The van der Waals surface area contributed by atoms with Gasteiger partial charge in [-0.15, -0.1) is 0 Å². The van der Waals surface area contributed by atoms with Crippen LogP contribution < -0.4 is 16.0 Å². The summed E-state index contributed by atoms with van der Waals surface area (Å²) in [5.41, 5.74) is 7.64. The second-order valence-corrected chi connectivity index (χ2v) is 11.2. The van der Waals surface area contributed by atoms with Gasteiger partial charge in [-0.2, -0.15) is 0 Å². The van der Waals surface area contributed by atoms with Gasteiger partial charge in [0.25, 0.3) is 5.91 Å². The highest BCUT2D eigenvalue weighted by Gasteiger charge is 2.18. The van der Waals surface area contributed by atoms with E-state index in [1.165, 1.54) is 0 Å². The van der Waals surface area contributed by atoms with Crippen molar-refractivity contribution in [3.63, 3.8) is 0 Å². The molecule has 1 amide bonds. The van der Waals surface area contributed by atoms with Gasteiger partial charge in [0, 0.05) is 46.6 Å². The van der Waals surface area contributed by atoms with Gasteiger partial charge in [0.1, 0.15) is 0 Å². The highest BCUT2D eigenvalue weighted by atomic mass is 16.1. The number of carbonyl (C=O) groups is 1. The second kappa shape index (κ2) is 12.5. The molecule has 0 aliphatic carbocycles. The number of aryl methyl sites for hydroxylation is 2. The molecule has 1 fully saturated rings. The van der Waals surface area contributed by atoms with E-state index in [2.05, 4.69) is 48.9 Å². The zero-order valence-electron chi connectivity index (χ0n) is 24.7. The molecule has 6 rings (SSSR count). The monoisotopic (exact) mass is 572 g/mol. The number of amides is 1. The summed E-state index contributed by atoms with van der Waals surface area (Å²) in [4.78, 5) is 29.4. The minimum Gasteiger partial charge on any atom is -0.382 e. The van der Waals surface area contributed by atoms with Gasteiger partial charge < -0.3 is 25.4 Å². The Morgan fingerprint density at radius 1 is 0.907 bits per heavy atom. The van der Waals surface area contributed by atoms with Crippen LogP contribution in [0.1, 0.15) is 34.5 Å². The number of hydrogen-bond acceptors (Lipinski definition) is 7. The predicted molar refractivity (Wildman–Crippen MR) is 172 cm³/mol. The lowest BCUT2D eigenvalue weighted by Crippen LogP contribution is -2.36. The molecule has 0 bridgehead atoms. The molecule has 3 aromatic carbocycles. The molecule has 0 spiro atoms. The van der Waals surface area contributed by atoms with Crippen molar-refractivity contribution in [1.29, 1.82) is 0 Å². The Hall–Kier alpha value is -5.02. The summed E-state index contributed by atoms with van der Waals surface area (Å²) in [6, 6.07) is 23.9. The van der Waals surface area contributed by atoms with E-state index in [4.69, 9.17) is 0 Å². The third kappa shape index (κ3) is 6.90. The highest BCUT2D eigenvalue weighted by molar-refractivity contribution is 6.05. The van der Waals surface area contributed by atoms with E-state index >= 15 is 0 Å². The van der Waals surface area contributed by atoms with Crippen molar-refractivity contribution >= 4 is 28.9 Å². The lowest BCUT2D eigenvalue weighted by atomic mass is 10.0. The molecule has 1 aliphatic heterocycles. The van der Waals surface area contributed by atoms with Crippen molar-refractivity contribution in [2.24, 2.45) is 0 Å². The number of aromatic nitrogens is 4. The van der Waals surface area contributed by atoms with E-state index in [1.54, 1.807) is 12.5 Å². The molecular weight excluding hydrogens is 536 g/mol. The summed E-state index contributed by atoms with van der Waals surface area (Å²) in [6.07, 6.45) is 7.65. The Morgan fingerprint density at radius 3 is 2.47 bits per heavy atom. The van der Waals surface area contributed by atoms with Gasteiger partial charge in [0.05, 0.1) is 23.4 Å². The van der Waals surface area contributed by atoms with Crippen LogP contribution in [0.3, 0.4) is 0 Å². The van der Waals surface area contributed by atoms with E-state index in [1.807, 2.05) is 91.3 Å². The summed E-state index contributed by atoms with van der Waals surface area (Å²) >= 11 is 0. The van der Waals surface area contributed by atoms with Crippen molar-refractivity contribution in [3.05, 3.63) is 108 Å². The van der Waals surface area contributed by atoms with E-state index in [0.29, 0.717) is 23.2 Å². The molecule has 43 heavy (non-hydrogen) atoms. The van der Waals surface area contributed by atoms with Crippen molar-refractivity contribution in [1.82, 2.24) is 24.4 Å². The number of rotatable bonds is 8. The van der Waals surface area contributed by atoms with Crippen molar-refractivity contribution < 1.29 is 4.79 Å². The fourth-order valence-electron chi connectivity index (χ4n) is 5.28. The molecule has 2 aromatic heterocycles. The zero-order valence-corrected chi connectivity index (χ0v) is 24.7. The Kier molecular flexibility index (Phi) is 8.15. The average molecular weight is 573 g/mol. The van der Waals surface area contributed by atoms with Crippen molar-refractivity contribution in [3.8, 4) is 16.9 Å². The number of anilines is 4. The molecule has 0 unspecified atom stereocenters. The smallest absolute Gasteiger partial charge is 0.255 e. The standard InChI is InChI=1S/C34H36N8O/c1-23-9-10-26(17-32(23)40-34-35-14-11-31(39-34)25-7-5-4-6-8-25)33(43)38-29-18-28(37-27-12-15-41(3)16-13-27)19-30(20-29)42-21-24(2)36-22-42/h4-11,14,17-22,27,37H,12-13,15-16H2,1-3H3,(H,38,43)(H,35,39,40). The fourth-order valence-corrected chi connectivity index (χ4v) is 5.28. The van der Waals surface area contributed by atoms with Crippen LogP contribution in [0, 0.1) is 13.8 Å². The second-order valence-electron chi connectivity index (χ2n) is 11.2. The predicted octanol–water partition coefficient (Wildman–Crippen LogP) is 6.45. The molecule has 9 heteroatoms. The van der Waals surface area contributed by atoms with Gasteiger partial charge in [-0.25, -0.2) is 15.0 Å². The van der Waals surface area contributed by atoms with Crippen LogP contribution in [0.4, 0.5) is 23.0 Å². The number of hydrogen-bond donors (Lipinski definition) is 3. The van der Waals surface area contributed by atoms with Crippen LogP contribution in [0.2, 0.25) is 0 Å². The van der Waals surface area contributed by atoms with E-state index in [0.717, 1.165) is 65.5 Å². The summed E-state index contributed by atoms with van der Waals surface area (Å²) in [6.45, 7) is 6.08. The number of nitrogens with zero attached hydrogens (tertiary/aromatic N) is 5. The summed E-state index contributed by atoms with van der Waals surface area (Å²) < 4.78 is 1.97. The minimum atomic E-state index is -0.203. The van der Waals surface area contributed by atoms with E-state index in [-0.39, 0.29) is 5.91 Å². The van der Waals surface area contributed by atoms with Crippen LogP contribution in [0.15, 0.2) is 91.5 Å². The first-order valence-corrected chi connectivity index (χ1v) is 14.6. The quantitative estimate of drug-likeness (QED) is 0.197.